The fraction of sp³-hybridized carbons (Fsp3) is 0.714. The van der Waals surface area contributed by atoms with Crippen LogP contribution in [0.5, 0.6) is 0 Å². The van der Waals surface area contributed by atoms with E-state index in [1.165, 1.54) is 0 Å². The molecule has 0 spiro atoms. The lowest BCUT2D eigenvalue weighted by Crippen LogP contribution is -2.52. The average Bonchev–Trinajstić information content (AvgIpc) is 2.82. The van der Waals surface area contributed by atoms with Crippen LogP contribution in [0.15, 0.2) is 12.4 Å². The Kier molecular flexibility index (Phi) is 5.00. The third kappa shape index (κ3) is 3.96. The van der Waals surface area contributed by atoms with E-state index >= 15 is 0 Å². The van der Waals surface area contributed by atoms with Crippen LogP contribution in [-0.4, -0.2) is 46.5 Å². The summed E-state index contributed by atoms with van der Waals surface area (Å²) in [5.74, 6) is 0.551. The van der Waals surface area contributed by atoms with Crippen LogP contribution in [-0.2, 0) is 18.3 Å². The van der Waals surface area contributed by atoms with E-state index in [4.69, 9.17) is 4.74 Å². The zero-order chi connectivity index (χ0) is 14.5. The average molecular weight is 280 g/mol. The van der Waals surface area contributed by atoms with Crippen molar-refractivity contribution >= 4 is 6.03 Å². The largest absolute Gasteiger partial charge is 0.377 e. The fourth-order valence-electron chi connectivity index (χ4n) is 2.50. The zero-order valence-corrected chi connectivity index (χ0v) is 12.5. The fourth-order valence-corrected chi connectivity index (χ4v) is 2.50. The standard InChI is InChI=1S/C14H24N4O2/c1-11(2)6-13-10-20-5-4-18(13)14(19)15-7-12-8-16-17(3)9-12/h8-9,11,13H,4-7,10H2,1-3H3,(H,15,19)/t13-/m1/s1. The van der Waals surface area contributed by atoms with Crippen molar-refractivity contribution in [3.05, 3.63) is 18.0 Å². The third-order valence-corrected chi connectivity index (χ3v) is 3.43. The summed E-state index contributed by atoms with van der Waals surface area (Å²) < 4.78 is 7.23. The molecule has 0 bridgehead atoms. The van der Waals surface area contributed by atoms with Gasteiger partial charge in [-0.15, -0.1) is 0 Å². The van der Waals surface area contributed by atoms with E-state index in [0.29, 0.717) is 32.2 Å². The Labute approximate surface area is 120 Å². The van der Waals surface area contributed by atoms with Crippen LogP contribution in [0.25, 0.3) is 0 Å². The van der Waals surface area contributed by atoms with Crippen molar-refractivity contribution in [1.29, 1.82) is 0 Å². The number of nitrogens with zero attached hydrogens (tertiary/aromatic N) is 3. The molecule has 1 aromatic rings. The van der Waals surface area contributed by atoms with Gasteiger partial charge in [-0.25, -0.2) is 4.79 Å². The highest BCUT2D eigenvalue weighted by Crippen LogP contribution is 2.15. The molecular formula is C14H24N4O2. The molecule has 6 nitrogen and oxygen atoms in total. The van der Waals surface area contributed by atoms with E-state index in [-0.39, 0.29) is 12.1 Å². The Morgan fingerprint density at radius 1 is 1.60 bits per heavy atom. The first-order chi connectivity index (χ1) is 9.56. The van der Waals surface area contributed by atoms with Gasteiger partial charge in [0.05, 0.1) is 25.5 Å². The number of aromatic nitrogens is 2. The molecule has 0 aliphatic carbocycles. The van der Waals surface area contributed by atoms with Gasteiger partial charge in [0, 0.05) is 31.9 Å². The number of urea groups is 1. The van der Waals surface area contributed by atoms with Crippen molar-refractivity contribution in [1.82, 2.24) is 20.0 Å². The smallest absolute Gasteiger partial charge is 0.318 e. The summed E-state index contributed by atoms with van der Waals surface area (Å²) in [5, 5.41) is 7.06. The van der Waals surface area contributed by atoms with Gasteiger partial charge in [-0.3, -0.25) is 4.68 Å². The number of carbonyl (C=O) groups is 1. The Hall–Kier alpha value is -1.56. The van der Waals surface area contributed by atoms with Gasteiger partial charge in [0.1, 0.15) is 0 Å². The number of amides is 2. The summed E-state index contributed by atoms with van der Waals surface area (Å²) in [4.78, 5) is 14.2. The number of morpholine rings is 1. The summed E-state index contributed by atoms with van der Waals surface area (Å²) >= 11 is 0. The maximum Gasteiger partial charge on any atom is 0.318 e. The first-order valence-electron chi connectivity index (χ1n) is 7.16. The molecule has 2 amide bonds. The molecule has 1 aromatic heterocycles. The third-order valence-electron chi connectivity index (χ3n) is 3.43. The van der Waals surface area contributed by atoms with Crippen molar-refractivity contribution in [3.8, 4) is 0 Å². The quantitative estimate of drug-likeness (QED) is 0.906. The highest BCUT2D eigenvalue weighted by molar-refractivity contribution is 5.74. The SMILES string of the molecule is CC(C)C[C@@H]1COCCN1C(=O)NCc1cnn(C)c1. The molecule has 0 aromatic carbocycles. The summed E-state index contributed by atoms with van der Waals surface area (Å²) in [6.07, 6.45) is 4.65. The molecule has 0 saturated carbocycles. The van der Waals surface area contributed by atoms with Crippen molar-refractivity contribution in [2.45, 2.75) is 32.9 Å². The van der Waals surface area contributed by atoms with Gasteiger partial charge in [0.25, 0.3) is 0 Å². The van der Waals surface area contributed by atoms with Gasteiger partial charge in [-0.2, -0.15) is 5.10 Å². The number of ether oxygens (including phenoxy) is 1. The molecule has 1 aliphatic rings. The van der Waals surface area contributed by atoms with E-state index < -0.39 is 0 Å². The van der Waals surface area contributed by atoms with Gasteiger partial charge in [-0.05, 0) is 12.3 Å². The predicted octanol–water partition coefficient (Wildman–Crippen LogP) is 1.38. The predicted molar refractivity (Wildman–Crippen MR) is 76.2 cm³/mol. The summed E-state index contributed by atoms with van der Waals surface area (Å²) in [5.41, 5.74) is 1.01. The summed E-state index contributed by atoms with van der Waals surface area (Å²) in [6.45, 7) is 6.77. The van der Waals surface area contributed by atoms with Crippen LogP contribution >= 0.6 is 0 Å². The molecule has 2 rings (SSSR count). The monoisotopic (exact) mass is 280 g/mol. The molecule has 112 valence electrons. The first-order valence-corrected chi connectivity index (χ1v) is 7.16. The second-order valence-corrected chi connectivity index (χ2v) is 5.73. The molecule has 1 N–H and O–H groups in total. The van der Waals surface area contributed by atoms with Gasteiger partial charge in [-0.1, -0.05) is 13.8 Å². The van der Waals surface area contributed by atoms with Crippen molar-refractivity contribution in [3.63, 3.8) is 0 Å². The Morgan fingerprint density at radius 3 is 3.05 bits per heavy atom. The maximum atomic E-state index is 12.3. The molecular weight excluding hydrogens is 256 g/mol. The molecule has 0 unspecified atom stereocenters. The van der Waals surface area contributed by atoms with Gasteiger partial charge >= 0.3 is 6.03 Å². The highest BCUT2D eigenvalue weighted by Gasteiger charge is 2.27. The minimum absolute atomic E-state index is 0.0113. The minimum atomic E-state index is -0.0113. The second-order valence-electron chi connectivity index (χ2n) is 5.73. The lowest BCUT2D eigenvalue weighted by molar-refractivity contribution is 0.00551. The second kappa shape index (κ2) is 6.74. The van der Waals surface area contributed by atoms with E-state index in [1.54, 1.807) is 10.9 Å². The van der Waals surface area contributed by atoms with E-state index in [9.17, 15) is 4.79 Å². The highest BCUT2D eigenvalue weighted by atomic mass is 16.5. The molecule has 0 radical (unpaired) electrons. The number of hydrogen-bond acceptors (Lipinski definition) is 3. The zero-order valence-electron chi connectivity index (χ0n) is 12.5. The van der Waals surface area contributed by atoms with Crippen LogP contribution < -0.4 is 5.32 Å². The van der Waals surface area contributed by atoms with Crippen LogP contribution in [0.1, 0.15) is 25.8 Å². The molecule has 6 heteroatoms. The number of nitrogens with one attached hydrogen (secondary N) is 1. The number of carbonyl (C=O) groups excluding carboxylic acids is 1. The first kappa shape index (κ1) is 14.8. The number of hydrogen-bond donors (Lipinski definition) is 1. The molecule has 1 atom stereocenters. The normalized spacial score (nSPS) is 19.4. The molecule has 1 fully saturated rings. The lowest BCUT2D eigenvalue weighted by Gasteiger charge is -2.36. The maximum absolute atomic E-state index is 12.3. The van der Waals surface area contributed by atoms with Gasteiger partial charge in [0.15, 0.2) is 0 Å². The Bertz CT molecular complexity index is 444. The van der Waals surface area contributed by atoms with Crippen molar-refractivity contribution in [2.75, 3.05) is 19.8 Å². The molecule has 1 aliphatic heterocycles. The van der Waals surface area contributed by atoms with Crippen LogP contribution in [0, 0.1) is 5.92 Å². The van der Waals surface area contributed by atoms with Crippen LogP contribution in [0.3, 0.4) is 0 Å². The summed E-state index contributed by atoms with van der Waals surface area (Å²) in [7, 11) is 1.87. The van der Waals surface area contributed by atoms with Crippen LogP contribution in [0.2, 0.25) is 0 Å². The van der Waals surface area contributed by atoms with Crippen molar-refractivity contribution < 1.29 is 9.53 Å². The molecule has 20 heavy (non-hydrogen) atoms. The number of rotatable bonds is 4. The minimum Gasteiger partial charge on any atom is -0.377 e. The van der Waals surface area contributed by atoms with E-state index in [1.807, 2.05) is 18.1 Å². The van der Waals surface area contributed by atoms with E-state index in [2.05, 4.69) is 24.3 Å². The molecule has 2 heterocycles. The molecule has 1 saturated heterocycles. The Balaban J connectivity index is 1.88. The lowest BCUT2D eigenvalue weighted by atomic mass is 10.0. The van der Waals surface area contributed by atoms with Crippen molar-refractivity contribution in [2.24, 2.45) is 13.0 Å². The van der Waals surface area contributed by atoms with Crippen LogP contribution in [0.4, 0.5) is 4.79 Å². The van der Waals surface area contributed by atoms with Gasteiger partial charge in [0.2, 0.25) is 0 Å². The summed E-state index contributed by atoms with van der Waals surface area (Å²) in [6, 6.07) is 0.167. The van der Waals surface area contributed by atoms with E-state index in [0.717, 1.165) is 12.0 Å². The Morgan fingerprint density at radius 2 is 2.40 bits per heavy atom. The topological polar surface area (TPSA) is 59.4 Å². The number of aryl methyl sites for hydroxylation is 1. The van der Waals surface area contributed by atoms with Gasteiger partial charge < -0.3 is 15.0 Å².